The summed E-state index contributed by atoms with van der Waals surface area (Å²) < 4.78 is 15.1. The molecular formula is C20H25NO7. The maximum atomic E-state index is 12.2. The second kappa shape index (κ2) is 9.36. The first-order chi connectivity index (χ1) is 13.2. The summed E-state index contributed by atoms with van der Waals surface area (Å²) in [6.45, 7) is 3.75. The molecule has 0 unspecified atom stereocenters. The molecule has 1 aromatic heterocycles. The van der Waals surface area contributed by atoms with E-state index < -0.39 is 29.6 Å². The van der Waals surface area contributed by atoms with Gasteiger partial charge in [0.1, 0.15) is 23.5 Å². The SMILES string of the molecule is COC(=O)[C@H](Cc1cc(=O)oc2cc(OC)ccc12)NC(=O)[C@H](O)CC(C)C. The van der Waals surface area contributed by atoms with E-state index in [4.69, 9.17) is 13.9 Å². The van der Waals surface area contributed by atoms with E-state index in [9.17, 15) is 19.5 Å². The van der Waals surface area contributed by atoms with Crippen LogP contribution in [0.15, 0.2) is 33.5 Å². The minimum Gasteiger partial charge on any atom is -0.497 e. The molecule has 2 rings (SSSR count). The van der Waals surface area contributed by atoms with Crippen molar-refractivity contribution in [2.24, 2.45) is 5.92 Å². The lowest BCUT2D eigenvalue weighted by molar-refractivity contribution is -0.146. The number of hydrogen-bond donors (Lipinski definition) is 2. The summed E-state index contributed by atoms with van der Waals surface area (Å²) in [5.74, 6) is -0.726. The van der Waals surface area contributed by atoms with Crippen LogP contribution < -0.4 is 15.7 Å². The van der Waals surface area contributed by atoms with Gasteiger partial charge in [-0.15, -0.1) is 0 Å². The summed E-state index contributed by atoms with van der Waals surface area (Å²) in [6, 6.07) is 5.17. The average molecular weight is 391 g/mol. The Morgan fingerprint density at radius 2 is 1.93 bits per heavy atom. The molecule has 28 heavy (non-hydrogen) atoms. The van der Waals surface area contributed by atoms with Crippen molar-refractivity contribution in [3.63, 3.8) is 0 Å². The first-order valence-corrected chi connectivity index (χ1v) is 8.92. The molecule has 0 fully saturated rings. The van der Waals surface area contributed by atoms with Crippen molar-refractivity contribution in [3.8, 4) is 5.75 Å². The number of carbonyl (C=O) groups is 2. The molecule has 1 heterocycles. The number of ether oxygens (including phenoxy) is 2. The predicted molar refractivity (Wildman–Crippen MR) is 102 cm³/mol. The van der Waals surface area contributed by atoms with Crippen molar-refractivity contribution in [2.75, 3.05) is 14.2 Å². The number of nitrogens with one attached hydrogen (secondary N) is 1. The Bertz CT molecular complexity index is 903. The maximum absolute atomic E-state index is 12.2. The molecule has 0 bridgehead atoms. The summed E-state index contributed by atoms with van der Waals surface area (Å²) in [6.07, 6.45) is -0.979. The van der Waals surface area contributed by atoms with Gasteiger partial charge in [0.05, 0.1) is 14.2 Å². The van der Waals surface area contributed by atoms with E-state index in [0.717, 1.165) is 0 Å². The number of methoxy groups -OCH3 is 2. The highest BCUT2D eigenvalue weighted by atomic mass is 16.5. The Hall–Kier alpha value is -2.87. The third kappa shape index (κ3) is 5.32. The van der Waals surface area contributed by atoms with Crippen LogP contribution in [0.4, 0.5) is 0 Å². The molecule has 0 saturated carbocycles. The summed E-state index contributed by atoms with van der Waals surface area (Å²) in [7, 11) is 2.70. The molecule has 0 aliphatic carbocycles. The quantitative estimate of drug-likeness (QED) is 0.516. The van der Waals surface area contributed by atoms with Crippen LogP contribution >= 0.6 is 0 Å². The van der Waals surface area contributed by atoms with Crippen molar-refractivity contribution in [2.45, 2.75) is 38.8 Å². The highest BCUT2D eigenvalue weighted by molar-refractivity contribution is 5.88. The second-order valence-electron chi connectivity index (χ2n) is 6.89. The highest BCUT2D eigenvalue weighted by Gasteiger charge is 2.26. The van der Waals surface area contributed by atoms with Gasteiger partial charge in [-0.25, -0.2) is 9.59 Å². The van der Waals surface area contributed by atoms with Crippen molar-refractivity contribution >= 4 is 22.8 Å². The van der Waals surface area contributed by atoms with E-state index >= 15 is 0 Å². The van der Waals surface area contributed by atoms with E-state index in [1.54, 1.807) is 18.2 Å². The number of hydrogen-bond acceptors (Lipinski definition) is 7. The Labute approximate surface area is 162 Å². The van der Waals surface area contributed by atoms with E-state index in [1.165, 1.54) is 20.3 Å². The summed E-state index contributed by atoms with van der Waals surface area (Å²) >= 11 is 0. The molecule has 0 aliphatic rings. The highest BCUT2D eigenvalue weighted by Crippen LogP contribution is 2.23. The normalized spacial score (nSPS) is 13.2. The molecule has 8 nitrogen and oxygen atoms in total. The fourth-order valence-electron chi connectivity index (χ4n) is 2.88. The number of carbonyl (C=O) groups excluding carboxylic acids is 2. The zero-order chi connectivity index (χ0) is 20.8. The van der Waals surface area contributed by atoms with Gasteiger partial charge in [-0.3, -0.25) is 4.79 Å². The molecule has 0 saturated heterocycles. The van der Waals surface area contributed by atoms with Gasteiger partial charge >= 0.3 is 11.6 Å². The molecular weight excluding hydrogens is 366 g/mol. The number of amides is 1. The molecule has 1 aromatic carbocycles. The summed E-state index contributed by atoms with van der Waals surface area (Å²) in [5.41, 5.74) is 0.213. The van der Waals surface area contributed by atoms with E-state index in [0.29, 0.717) is 22.3 Å². The van der Waals surface area contributed by atoms with Gasteiger partial charge in [-0.1, -0.05) is 13.8 Å². The first kappa shape index (κ1) is 21.4. The Balaban J connectivity index is 2.33. The third-order valence-corrected chi connectivity index (χ3v) is 4.26. The number of esters is 1. The van der Waals surface area contributed by atoms with E-state index in [1.807, 2.05) is 13.8 Å². The molecule has 1 amide bonds. The number of fused-ring (bicyclic) bond motifs is 1. The Morgan fingerprint density at radius 1 is 1.21 bits per heavy atom. The van der Waals surface area contributed by atoms with Gasteiger partial charge in [0.25, 0.3) is 0 Å². The van der Waals surface area contributed by atoms with Crippen molar-refractivity contribution in [3.05, 3.63) is 40.2 Å². The molecule has 2 N–H and O–H groups in total. The largest absolute Gasteiger partial charge is 0.497 e. The zero-order valence-corrected chi connectivity index (χ0v) is 16.4. The molecule has 2 aromatic rings. The minimum absolute atomic E-state index is 0.00123. The van der Waals surface area contributed by atoms with Gasteiger partial charge in [-0.2, -0.15) is 0 Å². The van der Waals surface area contributed by atoms with Crippen LogP contribution in [-0.2, 0) is 20.7 Å². The molecule has 8 heteroatoms. The van der Waals surface area contributed by atoms with Crippen LogP contribution in [0.2, 0.25) is 0 Å². The molecule has 0 aliphatic heterocycles. The molecule has 0 spiro atoms. The Kier molecular flexibility index (Phi) is 7.17. The number of aliphatic hydroxyl groups is 1. The smallest absolute Gasteiger partial charge is 0.336 e. The van der Waals surface area contributed by atoms with E-state index in [-0.39, 0.29) is 18.8 Å². The van der Waals surface area contributed by atoms with Gasteiger partial charge in [0.2, 0.25) is 5.91 Å². The number of benzene rings is 1. The van der Waals surface area contributed by atoms with Crippen LogP contribution in [-0.4, -0.2) is 43.3 Å². The van der Waals surface area contributed by atoms with Crippen LogP contribution in [0.3, 0.4) is 0 Å². The lowest BCUT2D eigenvalue weighted by Crippen LogP contribution is -2.47. The van der Waals surface area contributed by atoms with Crippen molar-refractivity contribution < 1.29 is 28.6 Å². The first-order valence-electron chi connectivity index (χ1n) is 8.92. The third-order valence-electron chi connectivity index (χ3n) is 4.26. The van der Waals surface area contributed by atoms with Crippen LogP contribution in [0.25, 0.3) is 11.0 Å². The molecule has 0 radical (unpaired) electrons. The van der Waals surface area contributed by atoms with Gasteiger partial charge < -0.3 is 24.3 Å². The fraction of sp³-hybridized carbons (Fsp3) is 0.450. The predicted octanol–water partition coefficient (Wildman–Crippen LogP) is 1.41. The monoisotopic (exact) mass is 391 g/mol. The van der Waals surface area contributed by atoms with Crippen molar-refractivity contribution in [1.29, 1.82) is 0 Å². The topological polar surface area (TPSA) is 115 Å². The lowest BCUT2D eigenvalue weighted by atomic mass is 10.0. The summed E-state index contributed by atoms with van der Waals surface area (Å²) in [4.78, 5) is 36.4. The van der Waals surface area contributed by atoms with Gasteiger partial charge in [0, 0.05) is 23.9 Å². The number of rotatable bonds is 8. The second-order valence-corrected chi connectivity index (χ2v) is 6.89. The van der Waals surface area contributed by atoms with Crippen LogP contribution in [0, 0.1) is 5.92 Å². The average Bonchev–Trinajstić information content (AvgIpc) is 2.65. The number of aliphatic hydroxyl groups excluding tert-OH is 1. The van der Waals surface area contributed by atoms with Crippen LogP contribution in [0.5, 0.6) is 5.75 Å². The van der Waals surface area contributed by atoms with Gasteiger partial charge in [-0.05, 0) is 30.0 Å². The Morgan fingerprint density at radius 3 is 2.54 bits per heavy atom. The maximum Gasteiger partial charge on any atom is 0.336 e. The standard InChI is InChI=1S/C20H25NO7/c1-11(2)7-16(22)19(24)21-15(20(25)27-4)8-12-9-18(23)28-17-10-13(26-3)5-6-14(12)17/h5-6,9-11,15-16,22H,7-8H2,1-4H3,(H,21,24)/t15-,16+/m0/s1. The van der Waals surface area contributed by atoms with Crippen LogP contribution in [0.1, 0.15) is 25.8 Å². The molecule has 152 valence electrons. The zero-order valence-electron chi connectivity index (χ0n) is 16.4. The molecule has 2 atom stereocenters. The summed E-state index contributed by atoms with van der Waals surface area (Å²) in [5, 5.41) is 13.1. The minimum atomic E-state index is -1.24. The van der Waals surface area contributed by atoms with Crippen molar-refractivity contribution in [1.82, 2.24) is 5.32 Å². The lowest BCUT2D eigenvalue weighted by Gasteiger charge is -2.20. The van der Waals surface area contributed by atoms with E-state index in [2.05, 4.69) is 5.32 Å². The fourth-order valence-corrected chi connectivity index (χ4v) is 2.88. The van der Waals surface area contributed by atoms with Gasteiger partial charge in [0.15, 0.2) is 0 Å².